The first kappa shape index (κ1) is 16.4. The summed E-state index contributed by atoms with van der Waals surface area (Å²) in [4.78, 5) is 35.7. The molecule has 2 aliphatic rings. The summed E-state index contributed by atoms with van der Waals surface area (Å²) in [6.07, 6.45) is 3.57. The monoisotopic (exact) mass is 355 g/mol. The predicted molar refractivity (Wildman–Crippen MR) is 93.3 cm³/mol. The highest BCUT2D eigenvalue weighted by molar-refractivity contribution is 6.00. The van der Waals surface area contributed by atoms with Gasteiger partial charge in [0.25, 0.3) is 0 Å². The highest BCUT2D eigenvalue weighted by Gasteiger charge is 2.27. The van der Waals surface area contributed by atoms with Crippen LogP contribution in [0, 0.1) is 5.95 Å². The lowest BCUT2D eigenvalue weighted by Crippen LogP contribution is -2.49. The topological polar surface area (TPSA) is 78.4 Å². The first-order chi connectivity index (χ1) is 12.6. The Hall–Kier alpha value is -3.03. The first-order valence-electron chi connectivity index (χ1n) is 8.51. The zero-order valence-corrected chi connectivity index (χ0v) is 14.1. The zero-order valence-electron chi connectivity index (χ0n) is 14.1. The fourth-order valence-corrected chi connectivity index (χ4v) is 3.43. The molecule has 0 atom stereocenters. The van der Waals surface area contributed by atoms with Crippen LogP contribution in [-0.2, 0) is 22.4 Å². The predicted octanol–water partition coefficient (Wildman–Crippen LogP) is 1.00. The molecule has 2 aromatic rings. The molecule has 0 radical (unpaired) electrons. The fourth-order valence-electron chi connectivity index (χ4n) is 3.43. The maximum atomic E-state index is 13.2. The Bertz CT molecular complexity index is 864. The molecular formula is C18H18FN5O2. The second kappa shape index (κ2) is 6.70. The lowest BCUT2D eigenvalue weighted by molar-refractivity contribution is -0.130. The van der Waals surface area contributed by atoms with Crippen molar-refractivity contribution in [3.63, 3.8) is 0 Å². The number of rotatable bonds is 3. The zero-order chi connectivity index (χ0) is 18.1. The van der Waals surface area contributed by atoms with Crippen LogP contribution in [0.4, 0.5) is 15.9 Å². The van der Waals surface area contributed by atoms with Gasteiger partial charge in [-0.2, -0.15) is 4.39 Å². The van der Waals surface area contributed by atoms with Crippen molar-refractivity contribution in [3.8, 4) is 0 Å². The number of nitrogens with zero attached hydrogens (tertiary/aromatic N) is 4. The SMILES string of the molecule is O=C1Cc2c(N3CCN(C(=O)Cc4ccnc(F)c4)CC3)ccnc2N1. The number of hydrogen-bond acceptors (Lipinski definition) is 5. The number of carbonyl (C=O) groups excluding carboxylic acids is 2. The molecule has 2 amide bonds. The third kappa shape index (κ3) is 3.22. The van der Waals surface area contributed by atoms with E-state index in [1.165, 1.54) is 12.3 Å². The van der Waals surface area contributed by atoms with Crippen molar-refractivity contribution in [1.82, 2.24) is 14.9 Å². The van der Waals surface area contributed by atoms with E-state index in [1.54, 1.807) is 17.2 Å². The average molecular weight is 355 g/mol. The molecule has 0 unspecified atom stereocenters. The van der Waals surface area contributed by atoms with Gasteiger partial charge in [-0.1, -0.05) is 0 Å². The molecule has 26 heavy (non-hydrogen) atoms. The quantitative estimate of drug-likeness (QED) is 0.831. The standard InChI is InChI=1S/C18H18FN5O2/c19-15-9-12(1-3-20-15)10-17(26)24-7-5-23(6-8-24)14-2-4-21-18-13(14)11-16(25)22-18/h1-4,9H,5-8,10-11H2,(H,21,22,25). The highest BCUT2D eigenvalue weighted by Crippen LogP contribution is 2.31. The lowest BCUT2D eigenvalue weighted by Gasteiger charge is -2.36. The van der Waals surface area contributed by atoms with Crippen molar-refractivity contribution in [2.24, 2.45) is 0 Å². The maximum absolute atomic E-state index is 13.2. The second-order valence-corrected chi connectivity index (χ2v) is 6.41. The molecule has 0 aromatic carbocycles. The molecule has 0 saturated carbocycles. The molecule has 134 valence electrons. The molecule has 2 aromatic heterocycles. The van der Waals surface area contributed by atoms with Crippen molar-refractivity contribution in [1.29, 1.82) is 0 Å². The van der Waals surface area contributed by atoms with Crippen LogP contribution in [0.2, 0.25) is 0 Å². The molecule has 1 saturated heterocycles. The number of fused-ring (bicyclic) bond motifs is 1. The summed E-state index contributed by atoms with van der Waals surface area (Å²) in [5, 5.41) is 2.76. The molecule has 7 nitrogen and oxygen atoms in total. The van der Waals surface area contributed by atoms with Gasteiger partial charge in [-0.25, -0.2) is 9.97 Å². The van der Waals surface area contributed by atoms with Gasteiger partial charge in [0.15, 0.2) is 0 Å². The molecule has 1 N–H and O–H groups in total. The van der Waals surface area contributed by atoms with Crippen molar-refractivity contribution < 1.29 is 14.0 Å². The van der Waals surface area contributed by atoms with E-state index in [0.717, 1.165) is 11.3 Å². The summed E-state index contributed by atoms with van der Waals surface area (Å²) in [6, 6.07) is 4.86. The number of nitrogens with one attached hydrogen (secondary N) is 1. The molecule has 2 aliphatic heterocycles. The minimum Gasteiger partial charge on any atom is -0.368 e. The Kier molecular flexibility index (Phi) is 4.24. The summed E-state index contributed by atoms with van der Waals surface area (Å²) in [6.45, 7) is 2.54. The van der Waals surface area contributed by atoms with Crippen molar-refractivity contribution in [2.45, 2.75) is 12.8 Å². The van der Waals surface area contributed by atoms with Gasteiger partial charge < -0.3 is 15.1 Å². The molecule has 4 rings (SSSR count). The fraction of sp³-hybridized carbons (Fsp3) is 0.333. The van der Waals surface area contributed by atoms with E-state index >= 15 is 0 Å². The molecule has 0 aliphatic carbocycles. The van der Waals surface area contributed by atoms with Gasteiger partial charge in [-0.05, 0) is 23.8 Å². The van der Waals surface area contributed by atoms with Crippen LogP contribution >= 0.6 is 0 Å². The Morgan fingerprint density at radius 2 is 1.92 bits per heavy atom. The van der Waals surface area contributed by atoms with Crippen molar-refractivity contribution in [3.05, 3.63) is 47.7 Å². The number of hydrogen-bond donors (Lipinski definition) is 1. The van der Waals surface area contributed by atoms with Gasteiger partial charge in [0.1, 0.15) is 5.82 Å². The highest BCUT2D eigenvalue weighted by atomic mass is 19.1. The summed E-state index contributed by atoms with van der Waals surface area (Å²) in [5.74, 6) is -0.00839. The normalized spacial score (nSPS) is 16.4. The molecule has 1 fully saturated rings. The second-order valence-electron chi connectivity index (χ2n) is 6.41. The van der Waals surface area contributed by atoms with E-state index < -0.39 is 5.95 Å². The maximum Gasteiger partial charge on any atom is 0.230 e. The molecule has 0 bridgehead atoms. The summed E-state index contributed by atoms with van der Waals surface area (Å²) >= 11 is 0. The van der Waals surface area contributed by atoms with E-state index in [0.29, 0.717) is 44.0 Å². The largest absolute Gasteiger partial charge is 0.368 e. The van der Waals surface area contributed by atoms with E-state index in [1.807, 2.05) is 6.07 Å². The Morgan fingerprint density at radius 1 is 1.15 bits per heavy atom. The van der Waals surface area contributed by atoms with Crippen LogP contribution in [-0.4, -0.2) is 52.9 Å². The Balaban J connectivity index is 1.40. The number of pyridine rings is 2. The van der Waals surface area contributed by atoms with Gasteiger partial charge in [0.2, 0.25) is 17.8 Å². The summed E-state index contributed by atoms with van der Waals surface area (Å²) in [7, 11) is 0. The van der Waals surface area contributed by atoms with Crippen LogP contribution in [0.25, 0.3) is 0 Å². The van der Waals surface area contributed by atoms with E-state index in [9.17, 15) is 14.0 Å². The van der Waals surface area contributed by atoms with Crippen molar-refractivity contribution in [2.75, 3.05) is 36.4 Å². The molecular weight excluding hydrogens is 337 g/mol. The lowest BCUT2D eigenvalue weighted by atomic mass is 10.1. The van der Waals surface area contributed by atoms with Crippen LogP contribution < -0.4 is 10.2 Å². The minimum absolute atomic E-state index is 0.0212. The van der Waals surface area contributed by atoms with E-state index in [-0.39, 0.29) is 18.2 Å². The average Bonchev–Trinajstić information content (AvgIpc) is 3.02. The Morgan fingerprint density at radius 3 is 2.69 bits per heavy atom. The molecule has 0 spiro atoms. The van der Waals surface area contributed by atoms with Crippen LogP contribution in [0.3, 0.4) is 0 Å². The summed E-state index contributed by atoms with van der Waals surface area (Å²) < 4.78 is 13.2. The van der Waals surface area contributed by atoms with Gasteiger partial charge in [0, 0.05) is 49.8 Å². The van der Waals surface area contributed by atoms with E-state index in [4.69, 9.17) is 0 Å². The number of amides is 2. The number of carbonyl (C=O) groups is 2. The molecule has 4 heterocycles. The third-order valence-electron chi connectivity index (χ3n) is 4.75. The van der Waals surface area contributed by atoms with Crippen LogP contribution in [0.15, 0.2) is 30.6 Å². The molecule has 8 heteroatoms. The Labute approximate surface area is 149 Å². The number of aromatic nitrogens is 2. The minimum atomic E-state index is -0.574. The third-order valence-corrected chi connectivity index (χ3v) is 4.75. The van der Waals surface area contributed by atoms with Gasteiger partial charge >= 0.3 is 0 Å². The number of anilines is 2. The van der Waals surface area contributed by atoms with Gasteiger partial charge in [-0.3, -0.25) is 9.59 Å². The van der Waals surface area contributed by atoms with Gasteiger partial charge in [0.05, 0.1) is 12.8 Å². The van der Waals surface area contributed by atoms with Crippen molar-refractivity contribution >= 4 is 23.3 Å². The van der Waals surface area contributed by atoms with E-state index in [2.05, 4.69) is 20.2 Å². The number of piperazine rings is 1. The number of halogens is 1. The van der Waals surface area contributed by atoms with Gasteiger partial charge in [-0.15, -0.1) is 0 Å². The van der Waals surface area contributed by atoms with Crippen LogP contribution in [0.1, 0.15) is 11.1 Å². The summed E-state index contributed by atoms with van der Waals surface area (Å²) in [5.41, 5.74) is 2.54. The first-order valence-corrected chi connectivity index (χ1v) is 8.51. The smallest absolute Gasteiger partial charge is 0.230 e. The van der Waals surface area contributed by atoms with Crippen LogP contribution in [0.5, 0.6) is 0 Å².